The van der Waals surface area contributed by atoms with Crippen LogP contribution in [0.15, 0.2) is 83.0 Å². The van der Waals surface area contributed by atoms with E-state index in [1.807, 2.05) is 4.98 Å². The summed E-state index contributed by atoms with van der Waals surface area (Å²) >= 11 is 0.568. The van der Waals surface area contributed by atoms with Gasteiger partial charge in [0.15, 0.2) is 36.3 Å². The first-order chi connectivity index (χ1) is 28.2. The predicted octanol–water partition coefficient (Wildman–Crippen LogP) is 3.35. The Labute approximate surface area is 333 Å². The molecule has 21 nitrogen and oxygen atoms in total. The van der Waals surface area contributed by atoms with Crippen molar-refractivity contribution in [2.45, 2.75) is 55.0 Å². The number of rotatable bonds is 7. The van der Waals surface area contributed by atoms with Gasteiger partial charge in [0.1, 0.15) is 42.0 Å². The summed E-state index contributed by atoms with van der Waals surface area (Å²) in [5, 5.41) is 12.2. The summed E-state index contributed by atoms with van der Waals surface area (Å²) in [6, 6.07) is 12.8. The van der Waals surface area contributed by atoms with Gasteiger partial charge < -0.3 is 30.5 Å². The van der Waals surface area contributed by atoms with Gasteiger partial charge in [-0.25, -0.2) is 37.7 Å². The van der Waals surface area contributed by atoms with E-state index in [1.165, 1.54) is 24.3 Å². The Kier molecular flexibility index (Phi) is 11.3. The monoisotopic (exact) mass is 880 g/mol. The maximum absolute atomic E-state index is 16.4. The van der Waals surface area contributed by atoms with Crippen molar-refractivity contribution in [3.8, 4) is 5.75 Å². The number of nitrogen functional groups attached to an aromatic ring is 1. The van der Waals surface area contributed by atoms with Crippen LogP contribution in [0.1, 0.15) is 28.4 Å². The average molecular weight is 881 g/mol. The number of phenolic OH excluding ortho intramolecular Hbond substituents is 1. The van der Waals surface area contributed by atoms with E-state index in [0.29, 0.717) is 22.6 Å². The maximum Gasteiger partial charge on any atom is 0.472 e. The summed E-state index contributed by atoms with van der Waals surface area (Å²) in [7, 11) is -5.26. The lowest BCUT2D eigenvalue weighted by Crippen LogP contribution is -2.37. The van der Waals surface area contributed by atoms with Crippen LogP contribution in [0.3, 0.4) is 0 Å². The fourth-order valence-electron chi connectivity index (χ4n) is 6.45. The molecule has 2 aromatic carbocycles. The molecule has 0 saturated carbocycles. The number of nitrogens with one attached hydrogen (secondary N) is 2. The lowest BCUT2D eigenvalue weighted by Gasteiger charge is -2.27. The van der Waals surface area contributed by atoms with E-state index >= 15 is 8.78 Å². The van der Waals surface area contributed by atoms with Crippen molar-refractivity contribution < 1.29 is 60.3 Å². The predicted molar refractivity (Wildman–Crippen MR) is 202 cm³/mol. The van der Waals surface area contributed by atoms with Crippen LogP contribution in [0.25, 0.3) is 11.2 Å². The summed E-state index contributed by atoms with van der Waals surface area (Å²) < 4.78 is 96.4. The zero-order valence-corrected chi connectivity index (χ0v) is 32.5. The molecule has 6 heterocycles. The van der Waals surface area contributed by atoms with Crippen molar-refractivity contribution in [3.05, 3.63) is 105 Å². The number of carbonyl (C=O) groups is 1. The van der Waals surface area contributed by atoms with Gasteiger partial charge in [-0.15, -0.1) is 0 Å². The first kappa shape index (κ1) is 40.9. The second-order valence-electron chi connectivity index (χ2n) is 13.2. The standard InChI is InChI=1S/C33H32F2N8O13P2S/c34-23-20-11-51-57(48,49)55-26-21(54-31(24(26)35)43-15-39-25-28(36)37-14-38-29(25)43)12-52-58(50,56-27(23)32(53-20)42-10-9-22(45)41-33(42)47)59-13-16-1-5-18(6-2-16)40-30(46)17-3-7-19(44)8-4-17/h1-10,14-15,20-21,23-24,26-27,31-32,44H,11-13H2,(H,40,46)(H,48,49)(H2,36,37,38)(H,41,45,47)/t20-,21-,23-,24-,26-,27-,31-,32-,58?/m1/s1. The number of hydrogen-bond donors (Lipinski definition) is 5. The van der Waals surface area contributed by atoms with Crippen LogP contribution in [0.2, 0.25) is 0 Å². The number of alkyl halides is 2. The minimum atomic E-state index is -5.26. The molecule has 3 saturated heterocycles. The van der Waals surface area contributed by atoms with E-state index < -0.39 is 94.2 Å². The Balaban J connectivity index is 1.09. The molecule has 3 fully saturated rings. The van der Waals surface area contributed by atoms with Crippen molar-refractivity contribution in [1.29, 1.82) is 0 Å². The second-order valence-corrected chi connectivity index (χ2v) is 18.7. The van der Waals surface area contributed by atoms with E-state index in [0.717, 1.165) is 34.1 Å². The van der Waals surface area contributed by atoms with Gasteiger partial charge in [-0.05, 0) is 53.3 Å². The zero-order chi connectivity index (χ0) is 41.6. The number of aromatic amines is 1. The summed E-state index contributed by atoms with van der Waals surface area (Å²) in [5.74, 6) is -0.610. The Morgan fingerprint density at radius 2 is 1.64 bits per heavy atom. The number of nitrogens with zero attached hydrogens (tertiary/aromatic N) is 5. The molecular weight excluding hydrogens is 848 g/mol. The highest BCUT2D eigenvalue weighted by Crippen LogP contribution is 2.65. The number of hydrogen-bond acceptors (Lipinski definition) is 17. The number of nitrogens with two attached hydrogens (primary N) is 1. The molecule has 0 spiro atoms. The van der Waals surface area contributed by atoms with Gasteiger partial charge in [-0.3, -0.25) is 41.8 Å². The average Bonchev–Trinajstić information content (AvgIpc) is 3.86. The highest BCUT2D eigenvalue weighted by atomic mass is 32.7. The van der Waals surface area contributed by atoms with Crippen molar-refractivity contribution in [3.63, 3.8) is 0 Å². The SMILES string of the molecule is Nc1ncnc2c1ncn2[C@@H]1O[C@@H]2COP(=O)(SCc3ccc(NC(=O)c4ccc(O)cc4)cc3)O[C@@H]3[C@H](F)[C@@H](COP(=O)(O)O[C@H]2[C@H]1F)O[C@H]3n1ccc(=O)[nH]c1=O. The number of phosphoric ester groups is 1. The van der Waals surface area contributed by atoms with Gasteiger partial charge in [0.05, 0.1) is 19.5 Å². The number of amides is 1. The first-order valence-electron chi connectivity index (χ1n) is 17.4. The zero-order valence-electron chi connectivity index (χ0n) is 29.9. The summed E-state index contributed by atoms with van der Waals surface area (Å²) in [6.07, 6.45) is -11.8. The van der Waals surface area contributed by atoms with Crippen LogP contribution < -0.4 is 22.3 Å². The number of imidazole rings is 1. The minimum Gasteiger partial charge on any atom is -0.508 e. The van der Waals surface area contributed by atoms with Gasteiger partial charge in [-0.1, -0.05) is 12.1 Å². The van der Waals surface area contributed by atoms with Crippen molar-refractivity contribution in [2.24, 2.45) is 0 Å². The number of H-pyrrole nitrogens is 1. The quantitative estimate of drug-likeness (QED) is 0.147. The Morgan fingerprint density at radius 3 is 2.39 bits per heavy atom. The molecule has 312 valence electrons. The highest BCUT2D eigenvalue weighted by Gasteiger charge is 2.55. The van der Waals surface area contributed by atoms with Crippen LogP contribution in [-0.4, -0.2) is 95.0 Å². The fraction of sp³-hybridized carbons (Fsp3) is 0.333. The van der Waals surface area contributed by atoms with Crippen LogP contribution >= 0.6 is 26.0 Å². The summed E-state index contributed by atoms with van der Waals surface area (Å²) in [4.78, 5) is 62.1. The molecule has 3 aromatic heterocycles. The molecular formula is C33H32F2N8O13P2S. The molecule has 0 radical (unpaired) electrons. The Hall–Kier alpha value is -4.87. The Bertz CT molecular complexity index is 2590. The lowest BCUT2D eigenvalue weighted by atomic mass is 10.1. The van der Waals surface area contributed by atoms with Gasteiger partial charge >= 0.3 is 20.3 Å². The van der Waals surface area contributed by atoms with E-state index in [9.17, 15) is 33.5 Å². The topological polar surface area (TPSA) is 284 Å². The normalized spacial score (nSPS) is 31.2. The molecule has 5 aromatic rings. The number of benzene rings is 2. The van der Waals surface area contributed by atoms with Crippen molar-refractivity contribution >= 4 is 54.6 Å². The maximum atomic E-state index is 16.4. The largest absolute Gasteiger partial charge is 0.508 e. The van der Waals surface area contributed by atoms with E-state index in [1.54, 1.807) is 24.3 Å². The molecule has 59 heavy (non-hydrogen) atoms. The summed E-state index contributed by atoms with van der Waals surface area (Å²) in [5.41, 5.74) is 5.40. The van der Waals surface area contributed by atoms with Crippen LogP contribution in [0.4, 0.5) is 20.3 Å². The third kappa shape index (κ3) is 8.59. The molecule has 26 heteroatoms. The van der Waals surface area contributed by atoms with E-state index in [-0.39, 0.29) is 34.0 Å². The van der Waals surface area contributed by atoms with Gasteiger partial charge in [0.2, 0.25) is 0 Å². The van der Waals surface area contributed by atoms with E-state index in [2.05, 4.69) is 20.3 Å². The first-order valence-corrected chi connectivity index (χ1v) is 22.1. The van der Waals surface area contributed by atoms with Crippen LogP contribution in [0.5, 0.6) is 5.75 Å². The van der Waals surface area contributed by atoms with Crippen LogP contribution in [0, 0.1) is 0 Å². The van der Waals surface area contributed by atoms with E-state index in [4.69, 9.17) is 33.3 Å². The number of fused-ring (bicyclic) bond motifs is 4. The number of phenols is 1. The number of anilines is 2. The van der Waals surface area contributed by atoms with Gasteiger partial charge in [0, 0.05) is 29.3 Å². The number of carbonyl (C=O) groups excluding carboxylic acids is 1. The number of halogens is 2. The molecule has 3 aliphatic heterocycles. The molecule has 10 atom stereocenters. The number of aromatic hydroxyl groups is 1. The minimum absolute atomic E-state index is 0.00932. The third-order valence-electron chi connectivity index (χ3n) is 9.35. The molecule has 0 aliphatic carbocycles. The molecule has 6 N–H and O–H groups in total. The van der Waals surface area contributed by atoms with Crippen molar-refractivity contribution in [1.82, 2.24) is 29.1 Å². The Morgan fingerprint density at radius 1 is 0.915 bits per heavy atom. The molecule has 8 rings (SSSR count). The molecule has 3 aliphatic rings. The second kappa shape index (κ2) is 16.3. The third-order valence-corrected chi connectivity index (χ3v) is 14.0. The number of phosphoric acid groups is 1. The molecule has 2 unspecified atom stereocenters. The van der Waals surface area contributed by atoms with Gasteiger partial charge in [-0.2, -0.15) is 0 Å². The lowest BCUT2D eigenvalue weighted by molar-refractivity contribution is -0.0635. The van der Waals surface area contributed by atoms with Crippen molar-refractivity contribution in [2.75, 3.05) is 24.3 Å². The molecule has 2 bridgehead atoms. The number of ether oxygens (including phenoxy) is 2. The fourth-order valence-corrected chi connectivity index (χ4v) is 10.8. The summed E-state index contributed by atoms with van der Waals surface area (Å²) in [6.45, 7) is -6.52. The number of aromatic nitrogens is 6. The highest BCUT2D eigenvalue weighted by molar-refractivity contribution is 8.54. The molecule has 1 amide bonds. The van der Waals surface area contributed by atoms with Gasteiger partial charge in [0.25, 0.3) is 11.5 Å². The smallest absolute Gasteiger partial charge is 0.472 e. The van der Waals surface area contributed by atoms with Crippen LogP contribution in [-0.2, 0) is 42.5 Å².